The lowest BCUT2D eigenvalue weighted by Crippen LogP contribution is -2.35. The summed E-state index contributed by atoms with van der Waals surface area (Å²) in [5, 5.41) is 3.41. The summed E-state index contributed by atoms with van der Waals surface area (Å²) in [6.07, 6.45) is 7.15. The van der Waals surface area contributed by atoms with Gasteiger partial charge in [-0.3, -0.25) is 0 Å². The van der Waals surface area contributed by atoms with Crippen LogP contribution in [-0.4, -0.2) is 19.1 Å². The van der Waals surface area contributed by atoms with E-state index in [9.17, 15) is 0 Å². The van der Waals surface area contributed by atoms with E-state index in [1.54, 1.807) is 0 Å². The summed E-state index contributed by atoms with van der Waals surface area (Å²) in [6.45, 7) is 7.73. The molecule has 0 amide bonds. The first-order valence-electron chi connectivity index (χ1n) is 8.36. The van der Waals surface area contributed by atoms with Gasteiger partial charge in [0.2, 0.25) is 0 Å². The number of hydrogen-bond acceptors (Lipinski definition) is 2. The van der Waals surface area contributed by atoms with Crippen LogP contribution >= 0.6 is 0 Å². The van der Waals surface area contributed by atoms with Crippen LogP contribution in [0, 0.1) is 12.8 Å². The fraction of sp³-hybridized carbons (Fsp3) is 0.667. The maximum atomic E-state index is 3.41. The fourth-order valence-electron chi connectivity index (χ4n) is 4.12. The Morgan fingerprint density at radius 2 is 2.05 bits per heavy atom. The molecule has 1 aromatic carbocycles. The van der Waals surface area contributed by atoms with Gasteiger partial charge in [0.1, 0.15) is 0 Å². The first kappa shape index (κ1) is 13.9. The average Bonchev–Trinajstić information content (AvgIpc) is 2.89. The lowest BCUT2D eigenvalue weighted by atomic mass is 9.85. The number of anilines is 1. The van der Waals surface area contributed by atoms with Gasteiger partial charge in [0.05, 0.1) is 0 Å². The van der Waals surface area contributed by atoms with Crippen molar-refractivity contribution in [2.75, 3.05) is 18.0 Å². The largest absolute Gasteiger partial charge is 0.368 e. The summed E-state index contributed by atoms with van der Waals surface area (Å²) in [4.78, 5) is 2.70. The first-order chi connectivity index (χ1) is 9.79. The van der Waals surface area contributed by atoms with Crippen LogP contribution in [0.2, 0.25) is 0 Å². The van der Waals surface area contributed by atoms with Crippen molar-refractivity contribution in [1.29, 1.82) is 0 Å². The third-order valence-electron chi connectivity index (χ3n) is 5.16. The Bertz CT molecular complexity index is 455. The van der Waals surface area contributed by atoms with Gasteiger partial charge in [-0.2, -0.15) is 0 Å². The van der Waals surface area contributed by atoms with Crippen LogP contribution in [0.1, 0.15) is 50.2 Å². The molecule has 1 N–H and O–H groups in total. The van der Waals surface area contributed by atoms with Crippen molar-refractivity contribution in [2.24, 2.45) is 5.92 Å². The zero-order valence-corrected chi connectivity index (χ0v) is 13.0. The Kier molecular flexibility index (Phi) is 4.30. The van der Waals surface area contributed by atoms with Crippen molar-refractivity contribution in [3.8, 4) is 0 Å². The van der Waals surface area contributed by atoms with Crippen LogP contribution in [0.15, 0.2) is 18.2 Å². The van der Waals surface area contributed by atoms with E-state index in [-0.39, 0.29) is 0 Å². The van der Waals surface area contributed by atoms with Crippen LogP contribution in [-0.2, 0) is 6.54 Å². The molecule has 1 aliphatic heterocycles. The molecule has 20 heavy (non-hydrogen) atoms. The molecule has 0 aromatic heterocycles. The highest BCUT2D eigenvalue weighted by atomic mass is 15.2. The van der Waals surface area contributed by atoms with Gasteiger partial charge in [-0.15, -0.1) is 0 Å². The molecular formula is C18H28N2. The predicted molar refractivity (Wildman–Crippen MR) is 86.3 cm³/mol. The summed E-state index contributed by atoms with van der Waals surface area (Å²) in [5.74, 6) is 0.963. The minimum atomic E-state index is 0.821. The van der Waals surface area contributed by atoms with E-state index in [1.165, 1.54) is 55.5 Å². The molecule has 2 unspecified atom stereocenters. The second-order valence-corrected chi connectivity index (χ2v) is 6.50. The molecule has 0 bridgehead atoms. The van der Waals surface area contributed by atoms with Gasteiger partial charge in [0, 0.05) is 24.8 Å². The third-order valence-corrected chi connectivity index (χ3v) is 5.16. The Hall–Kier alpha value is -1.02. The van der Waals surface area contributed by atoms with Crippen molar-refractivity contribution >= 4 is 5.69 Å². The molecule has 2 nitrogen and oxygen atoms in total. The SMILES string of the molecule is CCNCc1ccc(N2CCC3CCCCC32)c(C)c1. The topological polar surface area (TPSA) is 15.3 Å². The highest BCUT2D eigenvalue weighted by Gasteiger charge is 2.36. The number of fused-ring (bicyclic) bond motifs is 1. The normalized spacial score (nSPS) is 25.8. The first-order valence-corrected chi connectivity index (χ1v) is 8.36. The van der Waals surface area contributed by atoms with Crippen LogP contribution in [0.4, 0.5) is 5.69 Å². The monoisotopic (exact) mass is 272 g/mol. The zero-order valence-electron chi connectivity index (χ0n) is 13.0. The Balaban J connectivity index is 1.76. The lowest BCUT2D eigenvalue weighted by molar-refractivity contribution is 0.342. The van der Waals surface area contributed by atoms with E-state index in [0.717, 1.165) is 25.0 Å². The smallest absolute Gasteiger partial charge is 0.0398 e. The Labute approximate surface area is 123 Å². The molecule has 2 aliphatic rings. The number of benzene rings is 1. The van der Waals surface area contributed by atoms with Crippen LogP contribution < -0.4 is 10.2 Å². The standard InChI is InChI=1S/C18H28N2/c1-3-19-13-15-8-9-17(14(2)12-15)20-11-10-16-6-4-5-7-18(16)20/h8-9,12,16,18-19H,3-7,10-11,13H2,1-2H3. The van der Waals surface area contributed by atoms with Crippen LogP contribution in [0.3, 0.4) is 0 Å². The van der Waals surface area contributed by atoms with Crippen molar-refractivity contribution in [1.82, 2.24) is 5.32 Å². The molecule has 1 saturated carbocycles. The van der Waals surface area contributed by atoms with Gasteiger partial charge in [0.25, 0.3) is 0 Å². The highest BCUT2D eigenvalue weighted by Crippen LogP contribution is 2.39. The van der Waals surface area contributed by atoms with Gasteiger partial charge in [-0.1, -0.05) is 31.9 Å². The van der Waals surface area contributed by atoms with Gasteiger partial charge in [-0.25, -0.2) is 0 Å². The zero-order chi connectivity index (χ0) is 13.9. The van der Waals surface area contributed by atoms with E-state index in [2.05, 4.69) is 42.3 Å². The summed E-state index contributed by atoms with van der Waals surface area (Å²) < 4.78 is 0. The second kappa shape index (κ2) is 6.17. The summed E-state index contributed by atoms with van der Waals surface area (Å²) in [6, 6.07) is 7.86. The summed E-state index contributed by atoms with van der Waals surface area (Å²) in [5.41, 5.74) is 4.35. The maximum absolute atomic E-state index is 3.41. The van der Waals surface area contributed by atoms with Crippen LogP contribution in [0.25, 0.3) is 0 Å². The Morgan fingerprint density at radius 1 is 1.20 bits per heavy atom. The van der Waals surface area contributed by atoms with Gasteiger partial charge in [-0.05, 0) is 55.8 Å². The summed E-state index contributed by atoms with van der Waals surface area (Å²) in [7, 11) is 0. The van der Waals surface area contributed by atoms with Gasteiger partial charge < -0.3 is 10.2 Å². The molecular weight excluding hydrogens is 244 g/mol. The number of hydrogen-bond donors (Lipinski definition) is 1. The third kappa shape index (κ3) is 2.71. The Morgan fingerprint density at radius 3 is 2.85 bits per heavy atom. The van der Waals surface area contributed by atoms with Gasteiger partial charge >= 0.3 is 0 Å². The highest BCUT2D eigenvalue weighted by molar-refractivity contribution is 5.56. The fourth-order valence-corrected chi connectivity index (χ4v) is 4.12. The molecule has 3 rings (SSSR count). The van der Waals surface area contributed by atoms with E-state index in [0.29, 0.717) is 0 Å². The van der Waals surface area contributed by atoms with Gasteiger partial charge in [0.15, 0.2) is 0 Å². The molecule has 1 heterocycles. The average molecular weight is 272 g/mol. The van der Waals surface area contributed by atoms with Crippen molar-refractivity contribution < 1.29 is 0 Å². The minimum absolute atomic E-state index is 0.821. The van der Waals surface area contributed by atoms with Crippen molar-refractivity contribution in [3.05, 3.63) is 29.3 Å². The number of nitrogens with one attached hydrogen (secondary N) is 1. The van der Waals surface area contributed by atoms with E-state index in [1.807, 2.05) is 0 Å². The molecule has 0 spiro atoms. The molecule has 1 saturated heterocycles. The van der Waals surface area contributed by atoms with Crippen molar-refractivity contribution in [2.45, 2.75) is 58.5 Å². The number of aryl methyl sites for hydroxylation is 1. The molecule has 110 valence electrons. The van der Waals surface area contributed by atoms with E-state index in [4.69, 9.17) is 0 Å². The van der Waals surface area contributed by atoms with Crippen LogP contribution in [0.5, 0.6) is 0 Å². The molecule has 2 fully saturated rings. The molecule has 1 aromatic rings. The van der Waals surface area contributed by atoms with E-state index < -0.39 is 0 Å². The minimum Gasteiger partial charge on any atom is -0.368 e. The lowest BCUT2D eigenvalue weighted by Gasteiger charge is -2.34. The number of rotatable bonds is 4. The van der Waals surface area contributed by atoms with Crippen molar-refractivity contribution in [3.63, 3.8) is 0 Å². The summed E-state index contributed by atoms with van der Waals surface area (Å²) >= 11 is 0. The second-order valence-electron chi connectivity index (χ2n) is 6.50. The molecule has 1 aliphatic carbocycles. The maximum Gasteiger partial charge on any atom is 0.0398 e. The number of nitrogens with zero attached hydrogens (tertiary/aromatic N) is 1. The molecule has 2 atom stereocenters. The van der Waals surface area contributed by atoms with E-state index >= 15 is 0 Å². The molecule has 2 heteroatoms. The quantitative estimate of drug-likeness (QED) is 0.895. The molecule has 0 radical (unpaired) electrons. The predicted octanol–water partition coefficient (Wildman–Crippen LogP) is 3.87.